The van der Waals surface area contributed by atoms with Gasteiger partial charge in [-0.3, -0.25) is 0 Å². The maximum absolute atomic E-state index is 12.7. The van der Waals surface area contributed by atoms with Crippen LogP contribution in [0, 0.1) is 17.8 Å². The Bertz CT molecular complexity index is 753. The highest BCUT2D eigenvalue weighted by Crippen LogP contribution is 2.26. The quantitative estimate of drug-likeness (QED) is 0.624. The average Bonchev–Trinajstić information content (AvgIpc) is 2.89. The number of fused-ring (bicyclic) bond motifs is 1. The number of rotatable bonds is 0. The van der Waals surface area contributed by atoms with Gasteiger partial charge in [-0.25, -0.2) is 18.9 Å². The number of benzene rings is 1. The van der Waals surface area contributed by atoms with Crippen molar-refractivity contribution in [2.24, 2.45) is 0 Å². The molecule has 0 atom stereocenters. The molecular formula is C14H8FN3O. The van der Waals surface area contributed by atoms with Gasteiger partial charge < -0.3 is 5.11 Å². The van der Waals surface area contributed by atoms with Gasteiger partial charge in [0.1, 0.15) is 12.1 Å². The number of aromatic nitrogens is 3. The molecule has 1 aromatic rings. The van der Waals surface area contributed by atoms with E-state index in [1.54, 1.807) is 24.4 Å². The van der Waals surface area contributed by atoms with Gasteiger partial charge >= 0.3 is 0 Å². The molecule has 0 saturated heterocycles. The third-order valence-electron chi connectivity index (χ3n) is 2.61. The Labute approximate surface area is 108 Å². The van der Waals surface area contributed by atoms with Crippen molar-refractivity contribution in [3.63, 3.8) is 0 Å². The van der Waals surface area contributed by atoms with Crippen molar-refractivity contribution in [2.45, 2.75) is 0 Å². The predicted octanol–water partition coefficient (Wildman–Crippen LogP) is 2.08. The Hall–Kier alpha value is -2.87. The second-order valence-electron chi connectivity index (χ2n) is 3.86. The van der Waals surface area contributed by atoms with Crippen molar-refractivity contribution >= 4 is 0 Å². The summed E-state index contributed by atoms with van der Waals surface area (Å²) in [6, 6.07) is 10.2. The summed E-state index contributed by atoms with van der Waals surface area (Å²) >= 11 is 0. The van der Waals surface area contributed by atoms with E-state index in [1.807, 2.05) is 0 Å². The Morgan fingerprint density at radius 1 is 1.11 bits per heavy atom. The van der Waals surface area contributed by atoms with E-state index in [4.69, 9.17) is 0 Å². The van der Waals surface area contributed by atoms with Crippen LogP contribution in [0.5, 0.6) is 5.88 Å². The monoisotopic (exact) mass is 253 g/mol. The lowest BCUT2D eigenvalue weighted by Crippen LogP contribution is -1.97. The molecule has 2 aliphatic rings. The van der Waals surface area contributed by atoms with Crippen molar-refractivity contribution in [1.82, 2.24) is 14.5 Å². The highest BCUT2D eigenvalue weighted by molar-refractivity contribution is 5.63. The van der Waals surface area contributed by atoms with E-state index in [9.17, 15) is 9.50 Å². The molecule has 0 amide bonds. The van der Waals surface area contributed by atoms with Crippen molar-refractivity contribution in [2.75, 3.05) is 0 Å². The highest BCUT2D eigenvalue weighted by atomic mass is 19.1. The van der Waals surface area contributed by atoms with Gasteiger partial charge in [0.05, 0.1) is 5.56 Å². The molecule has 0 aromatic heterocycles. The van der Waals surface area contributed by atoms with Gasteiger partial charge in [-0.2, -0.15) is 0 Å². The van der Waals surface area contributed by atoms with E-state index in [0.29, 0.717) is 17.0 Å². The number of halogens is 1. The molecule has 2 heterocycles. The standard InChI is InChI=1S/C14H8FN3O/c15-11-3-1-10(2-4-11)6-8-18-9-17-13-12(14(18)19)5-7-16-13/h1-5,7,9,19H. The molecule has 5 heteroatoms. The normalized spacial score (nSPS) is 10.2. The second kappa shape index (κ2) is 4.42. The first-order chi connectivity index (χ1) is 9.24. The smallest absolute Gasteiger partial charge is 0.215 e. The lowest BCUT2D eigenvalue weighted by atomic mass is 10.2. The second-order valence-corrected chi connectivity index (χ2v) is 3.86. The summed E-state index contributed by atoms with van der Waals surface area (Å²) in [4.78, 5) is 8.03. The molecule has 0 fully saturated rings. The van der Waals surface area contributed by atoms with E-state index < -0.39 is 0 Å². The molecule has 4 nitrogen and oxygen atoms in total. The van der Waals surface area contributed by atoms with Gasteiger partial charge in [0.25, 0.3) is 0 Å². The molecule has 0 spiro atoms. The molecule has 19 heavy (non-hydrogen) atoms. The van der Waals surface area contributed by atoms with Gasteiger partial charge in [-0.1, -0.05) is 0 Å². The summed E-state index contributed by atoms with van der Waals surface area (Å²) in [6.45, 7) is 0. The topological polar surface area (TPSA) is 50.9 Å². The zero-order valence-corrected chi connectivity index (χ0v) is 9.71. The summed E-state index contributed by atoms with van der Waals surface area (Å²) in [6.07, 6.45) is 2.95. The maximum Gasteiger partial charge on any atom is 0.215 e. The van der Waals surface area contributed by atoms with E-state index in [-0.39, 0.29) is 11.7 Å². The molecule has 3 rings (SSSR count). The minimum Gasteiger partial charge on any atom is -0.493 e. The van der Waals surface area contributed by atoms with Crippen molar-refractivity contribution in [3.05, 3.63) is 54.2 Å². The molecule has 0 saturated carbocycles. The Kier molecular flexibility index (Phi) is 2.62. The molecule has 0 radical (unpaired) electrons. The third-order valence-corrected chi connectivity index (χ3v) is 2.61. The molecule has 0 aliphatic carbocycles. The van der Waals surface area contributed by atoms with Crippen molar-refractivity contribution in [3.8, 4) is 29.2 Å². The Morgan fingerprint density at radius 3 is 2.68 bits per heavy atom. The average molecular weight is 253 g/mol. The maximum atomic E-state index is 12.7. The molecule has 92 valence electrons. The van der Waals surface area contributed by atoms with Gasteiger partial charge in [-0.05, 0) is 36.3 Å². The number of aromatic hydroxyl groups is 1. The fourth-order valence-corrected chi connectivity index (χ4v) is 1.64. The molecule has 0 bridgehead atoms. The van der Waals surface area contributed by atoms with Crippen LogP contribution in [-0.2, 0) is 0 Å². The minimum absolute atomic E-state index is 0.0166. The SMILES string of the molecule is Oc1c2ccnc-2ncn1C#Cc1ccc(F)cc1. The van der Waals surface area contributed by atoms with E-state index in [0.717, 1.165) is 0 Å². The molecule has 1 N–H and O–H groups in total. The molecule has 2 aliphatic heterocycles. The predicted molar refractivity (Wildman–Crippen MR) is 67.0 cm³/mol. The van der Waals surface area contributed by atoms with Crippen LogP contribution in [0.25, 0.3) is 11.4 Å². The first-order valence-electron chi connectivity index (χ1n) is 5.52. The minimum atomic E-state index is -0.313. The third kappa shape index (κ3) is 2.11. The highest BCUT2D eigenvalue weighted by Gasteiger charge is 2.12. The van der Waals surface area contributed by atoms with Crippen LogP contribution in [0.2, 0.25) is 0 Å². The molecular weight excluding hydrogens is 245 g/mol. The van der Waals surface area contributed by atoms with Crippen LogP contribution in [0.1, 0.15) is 5.56 Å². The van der Waals surface area contributed by atoms with Gasteiger partial charge in [0, 0.05) is 17.8 Å². The summed E-state index contributed by atoms with van der Waals surface area (Å²) < 4.78 is 14.0. The van der Waals surface area contributed by atoms with Crippen LogP contribution in [-0.4, -0.2) is 19.6 Å². The van der Waals surface area contributed by atoms with Crippen LogP contribution in [0.15, 0.2) is 42.9 Å². The summed E-state index contributed by atoms with van der Waals surface area (Å²) in [5.41, 5.74) is 1.19. The van der Waals surface area contributed by atoms with E-state index in [2.05, 4.69) is 21.9 Å². The van der Waals surface area contributed by atoms with Crippen molar-refractivity contribution < 1.29 is 9.50 Å². The van der Waals surface area contributed by atoms with Gasteiger partial charge in [0.15, 0.2) is 5.82 Å². The zero-order valence-electron chi connectivity index (χ0n) is 9.71. The first kappa shape index (κ1) is 11.2. The van der Waals surface area contributed by atoms with Gasteiger partial charge in [-0.15, -0.1) is 0 Å². The number of nitrogens with zero attached hydrogens (tertiary/aromatic N) is 3. The van der Waals surface area contributed by atoms with E-state index >= 15 is 0 Å². The van der Waals surface area contributed by atoms with Crippen LogP contribution < -0.4 is 0 Å². The number of hydrogen-bond acceptors (Lipinski definition) is 3. The summed E-state index contributed by atoms with van der Waals surface area (Å²) in [7, 11) is 0. The van der Waals surface area contributed by atoms with Crippen LogP contribution in [0.4, 0.5) is 4.39 Å². The van der Waals surface area contributed by atoms with Crippen LogP contribution >= 0.6 is 0 Å². The largest absolute Gasteiger partial charge is 0.493 e. The lowest BCUT2D eigenvalue weighted by molar-refractivity contribution is 0.440. The Morgan fingerprint density at radius 2 is 1.89 bits per heavy atom. The van der Waals surface area contributed by atoms with Crippen molar-refractivity contribution in [1.29, 1.82) is 0 Å². The molecule has 0 unspecified atom stereocenters. The van der Waals surface area contributed by atoms with Crippen LogP contribution in [0.3, 0.4) is 0 Å². The summed E-state index contributed by atoms with van der Waals surface area (Å²) in [5.74, 6) is 2.95. The fraction of sp³-hybridized carbons (Fsp3) is 0. The Balaban J connectivity index is 2.00. The van der Waals surface area contributed by atoms with E-state index in [1.165, 1.54) is 23.0 Å². The lowest BCUT2D eigenvalue weighted by Gasteiger charge is -2.04. The van der Waals surface area contributed by atoms with Gasteiger partial charge in [0.2, 0.25) is 5.88 Å². The number of hydrogen-bond donors (Lipinski definition) is 1. The summed E-state index contributed by atoms with van der Waals surface area (Å²) in [5, 5.41) is 9.98. The fourth-order valence-electron chi connectivity index (χ4n) is 1.64. The first-order valence-corrected chi connectivity index (χ1v) is 5.52. The zero-order chi connectivity index (χ0) is 13.2. The molecule has 1 aromatic carbocycles.